The van der Waals surface area contributed by atoms with Crippen molar-refractivity contribution in [2.45, 2.75) is 23.5 Å². The first-order valence-electron chi connectivity index (χ1n) is 7.40. The van der Waals surface area contributed by atoms with E-state index in [-0.39, 0.29) is 17.8 Å². The molecule has 0 fully saturated rings. The van der Waals surface area contributed by atoms with Crippen LogP contribution in [0.25, 0.3) is 0 Å². The molecule has 2 aromatic rings. The number of nitrogens with zero attached hydrogens (tertiary/aromatic N) is 1. The van der Waals surface area contributed by atoms with Gasteiger partial charge in [-0.2, -0.15) is 5.26 Å². The van der Waals surface area contributed by atoms with Crippen LogP contribution in [0.1, 0.15) is 13.3 Å². The molecule has 0 bridgehead atoms. The molecule has 0 saturated heterocycles. The standard InChI is InChI=1S/C18H17BrN2O2S/c1-13(10-11-20)24-17-9-5-3-7-15(17)21-18(22)12-23-16-8-4-2-6-14(16)19/h2-9,13H,10,12H2,1H3,(H,21,22). The van der Waals surface area contributed by atoms with Crippen molar-refractivity contribution in [3.8, 4) is 11.8 Å². The zero-order valence-corrected chi connectivity index (χ0v) is 15.6. The van der Waals surface area contributed by atoms with Gasteiger partial charge in [-0.05, 0) is 40.2 Å². The van der Waals surface area contributed by atoms with Crippen LogP contribution in [-0.4, -0.2) is 17.8 Å². The number of halogens is 1. The summed E-state index contributed by atoms with van der Waals surface area (Å²) in [5.41, 5.74) is 0.730. The van der Waals surface area contributed by atoms with Gasteiger partial charge in [0, 0.05) is 16.6 Å². The lowest BCUT2D eigenvalue weighted by atomic mass is 10.3. The zero-order valence-electron chi connectivity index (χ0n) is 13.2. The van der Waals surface area contributed by atoms with Crippen molar-refractivity contribution in [3.63, 3.8) is 0 Å². The third-order valence-electron chi connectivity index (χ3n) is 3.06. The number of hydrogen-bond acceptors (Lipinski definition) is 4. The number of hydrogen-bond donors (Lipinski definition) is 1. The highest BCUT2D eigenvalue weighted by molar-refractivity contribution is 9.10. The van der Waals surface area contributed by atoms with E-state index in [1.54, 1.807) is 17.8 Å². The van der Waals surface area contributed by atoms with E-state index in [1.165, 1.54) is 0 Å². The van der Waals surface area contributed by atoms with Crippen LogP contribution in [0, 0.1) is 11.3 Å². The number of thioether (sulfide) groups is 1. The molecule has 124 valence electrons. The summed E-state index contributed by atoms with van der Waals surface area (Å²) in [7, 11) is 0. The largest absolute Gasteiger partial charge is 0.483 e. The Morgan fingerprint density at radius 3 is 2.75 bits per heavy atom. The van der Waals surface area contributed by atoms with Crippen LogP contribution in [0.5, 0.6) is 5.75 Å². The minimum absolute atomic E-state index is 0.0740. The molecule has 24 heavy (non-hydrogen) atoms. The molecule has 1 atom stereocenters. The topological polar surface area (TPSA) is 62.1 Å². The monoisotopic (exact) mass is 404 g/mol. The molecule has 0 aromatic heterocycles. The second-order valence-corrected chi connectivity index (χ2v) is 7.39. The lowest BCUT2D eigenvalue weighted by Gasteiger charge is -2.13. The van der Waals surface area contributed by atoms with Gasteiger partial charge in [0.05, 0.1) is 16.2 Å². The van der Waals surface area contributed by atoms with Crippen molar-refractivity contribution in [3.05, 3.63) is 53.0 Å². The maximum absolute atomic E-state index is 12.1. The van der Waals surface area contributed by atoms with Crippen LogP contribution in [0.4, 0.5) is 5.69 Å². The van der Waals surface area contributed by atoms with Crippen molar-refractivity contribution >= 4 is 39.3 Å². The normalized spacial score (nSPS) is 11.4. The van der Waals surface area contributed by atoms with E-state index >= 15 is 0 Å². The summed E-state index contributed by atoms with van der Waals surface area (Å²) in [6.45, 7) is 1.91. The van der Waals surface area contributed by atoms with Gasteiger partial charge in [-0.15, -0.1) is 11.8 Å². The average molecular weight is 405 g/mol. The molecule has 0 heterocycles. The van der Waals surface area contributed by atoms with Gasteiger partial charge in [-0.1, -0.05) is 31.2 Å². The van der Waals surface area contributed by atoms with E-state index in [2.05, 4.69) is 27.3 Å². The SMILES string of the molecule is CC(CC#N)Sc1ccccc1NC(=O)COc1ccccc1Br. The number of anilines is 1. The Morgan fingerprint density at radius 2 is 2.00 bits per heavy atom. The molecule has 0 saturated carbocycles. The summed E-state index contributed by atoms with van der Waals surface area (Å²) in [5.74, 6) is 0.393. The summed E-state index contributed by atoms with van der Waals surface area (Å²) in [6.07, 6.45) is 0.456. The number of carbonyl (C=O) groups excluding carboxylic acids is 1. The van der Waals surface area contributed by atoms with Crippen LogP contribution in [-0.2, 0) is 4.79 Å². The fourth-order valence-corrected chi connectivity index (χ4v) is 3.34. The first kappa shape index (κ1) is 18.4. The molecule has 0 aliphatic heterocycles. The Balaban J connectivity index is 1.96. The number of carbonyl (C=O) groups is 1. The van der Waals surface area contributed by atoms with E-state index in [9.17, 15) is 4.79 Å². The van der Waals surface area contributed by atoms with Crippen molar-refractivity contribution in [2.75, 3.05) is 11.9 Å². The molecule has 0 aliphatic carbocycles. The molecule has 4 nitrogen and oxygen atoms in total. The van der Waals surface area contributed by atoms with Crippen LogP contribution >= 0.6 is 27.7 Å². The summed E-state index contributed by atoms with van der Waals surface area (Å²) >= 11 is 4.95. The number of rotatable bonds is 7. The Labute approximate surface area is 154 Å². The predicted octanol–water partition coefficient (Wildman–Crippen LogP) is 4.86. The van der Waals surface area contributed by atoms with Gasteiger partial charge in [0.25, 0.3) is 5.91 Å². The number of amides is 1. The molecule has 1 unspecified atom stereocenters. The number of para-hydroxylation sites is 2. The van der Waals surface area contributed by atoms with Gasteiger partial charge in [-0.25, -0.2) is 0 Å². The van der Waals surface area contributed by atoms with Crippen LogP contribution < -0.4 is 10.1 Å². The van der Waals surface area contributed by atoms with Crippen molar-refractivity contribution < 1.29 is 9.53 Å². The quantitative estimate of drug-likeness (QED) is 0.669. The molecule has 0 radical (unpaired) electrons. The number of ether oxygens (including phenoxy) is 1. The molecule has 2 aromatic carbocycles. The Hall–Kier alpha value is -1.97. The Bertz CT molecular complexity index is 746. The number of benzene rings is 2. The smallest absolute Gasteiger partial charge is 0.262 e. The average Bonchev–Trinajstić information content (AvgIpc) is 2.56. The van der Waals surface area contributed by atoms with E-state index in [0.29, 0.717) is 12.2 Å². The van der Waals surface area contributed by atoms with E-state index in [4.69, 9.17) is 10.00 Å². The van der Waals surface area contributed by atoms with Gasteiger partial charge in [0.15, 0.2) is 6.61 Å². The van der Waals surface area contributed by atoms with Crippen LogP contribution in [0.15, 0.2) is 57.9 Å². The predicted molar refractivity (Wildman–Crippen MR) is 100 cm³/mol. The van der Waals surface area contributed by atoms with Crippen molar-refractivity contribution in [2.24, 2.45) is 0 Å². The Morgan fingerprint density at radius 1 is 1.29 bits per heavy atom. The third kappa shape index (κ3) is 5.59. The summed E-state index contributed by atoms with van der Waals surface area (Å²) in [5, 5.41) is 11.8. The second-order valence-electron chi connectivity index (χ2n) is 5.05. The highest BCUT2D eigenvalue weighted by Crippen LogP contribution is 2.31. The van der Waals surface area contributed by atoms with Crippen LogP contribution in [0.3, 0.4) is 0 Å². The van der Waals surface area contributed by atoms with Gasteiger partial charge >= 0.3 is 0 Å². The first-order chi connectivity index (χ1) is 11.6. The molecule has 0 spiro atoms. The number of nitrogens with one attached hydrogen (secondary N) is 1. The van der Waals surface area contributed by atoms with Crippen LogP contribution in [0.2, 0.25) is 0 Å². The molecule has 0 aliphatic rings. The first-order valence-corrected chi connectivity index (χ1v) is 9.07. The lowest BCUT2D eigenvalue weighted by molar-refractivity contribution is -0.118. The number of nitriles is 1. The fourth-order valence-electron chi connectivity index (χ4n) is 1.95. The van der Waals surface area contributed by atoms with Crippen molar-refractivity contribution in [1.82, 2.24) is 0 Å². The molecular weight excluding hydrogens is 388 g/mol. The lowest BCUT2D eigenvalue weighted by Crippen LogP contribution is -2.20. The minimum Gasteiger partial charge on any atom is -0.483 e. The third-order valence-corrected chi connectivity index (χ3v) is 4.90. The fraction of sp³-hybridized carbons (Fsp3) is 0.222. The highest BCUT2D eigenvalue weighted by Gasteiger charge is 2.11. The van der Waals surface area contributed by atoms with Gasteiger partial charge in [0.1, 0.15) is 5.75 Å². The zero-order chi connectivity index (χ0) is 17.4. The van der Waals surface area contributed by atoms with E-state index in [0.717, 1.165) is 15.1 Å². The van der Waals surface area contributed by atoms with Gasteiger partial charge < -0.3 is 10.1 Å². The second kappa shape index (κ2) is 9.36. The van der Waals surface area contributed by atoms with E-state index in [1.807, 2.05) is 49.4 Å². The van der Waals surface area contributed by atoms with Gasteiger partial charge in [0.2, 0.25) is 0 Å². The highest BCUT2D eigenvalue weighted by atomic mass is 79.9. The maximum Gasteiger partial charge on any atom is 0.262 e. The molecule has 1 amide bonds. The maximum atomic E-state index is 12.1. The van der Waals surface area contributed by atoms with E-state index < -0.39 is 0 Å². The summed E-state index contributed by atoms with van der Waals surface area (Å²) < 4.78 is 6.33. The minimum atomic E-state index is -0.230. The van der Waals surface area contributed by atoms with Gasteiger partial charge in [-0.3, -0.25) is 4.79 Å². The molecular formula is C18H17BrN2O2S. The van der Waals surface area contributed by atoms with Crippen molar-refractivity contribution in [1.29, 1.82) is 5.26 Å². The Kier molecular flexibility index (Phi) is 7.16. The molecule has 2 rings (SSSR count). The summed E-state index contributed by atoms with van der Waals surface area (Å²) in [4.78, 5) is 13.1. The molecule has 1 N–H and O–H groups in total. The molecule has 6 heteroatoms. The summed E-state index contributed by atoms with van der Waals surface area (Å²) in [6, 6.07) is 17.1.